The Morgan fingerprint density at radius 2 is 1.86 bits per heavy atom. The van der Waals surface area contributed by atoms with Gasteiger partial charge >= 0.3 is 6.18 Å². The Morgan fingerprint density at radius 1 is 1.29 bits per heavy atom. The molecule has 0 aliphatic carbocycles. The normalized spacial score (nSPS) is 13.0. The standard InChI is InChI=1S/C14H19F3N2O2/c1-9-7-12(13(19(20)21)8-10(9)2)18-11(3)5-4-6-14(15,16)17/h7-8,11,18H,4-6H2,1-3H3. The predicted octanol–water partition coefficient (Wildman–Crippen LogP) is 4.74. The van der Waals surface area contributed by atoms with Gasteiger partial charge in [0, 0.05) is 18.5 Å². The fourth-order valence-electron chi connectivity index (χ4n) is 2.01. The zero-order valence-electron chi connectivity index (χ0n) is 12.3. The van der Waals surface area contributed by atoms with E-state index in [9.17, 15) is 23.3 Å². The van der Waals surface area contributed by atoms with Crippen LogP contribution in [0.5, 0.6) is 0 Å². The second kappa shape index (κ2) is 6.78. The summed E-state index contributed by atoms with van der Waals surface area (Å²) in [5.74, 6) is 0. The van der Waals surface area contributed by atoms with Crippen LogP contribution in [-0.2, 0) is 0 Å². The molecule has 0 radical (unpaired) electrons. The van der Waals surface area contributed by atoms with Crippen molar-refractivity contribution in [2.75, 3.05) is 5.32 Å². The van der Waals surface area contributed by atoms with Crippen molar-refractivity contribution in [2.24, 2.45) is 0 Å². The van der Waals surface area contributed by atoms with Crippen molar-refractivity contribution in [1.82, 2.24) is 0 Å². The van der Waals surface area contributed by atoms with Crippen LogP contribution in [0.4, 0.5) is 24.5 Å². The molecule has 0 spiro atoms. The maximum atomic E-state index is 12.1. The molecule has 7 heteroatoms. The fraction of sp³-hybridized carbons (Fsp3) is 0.571. The molecular formula is C14H19F3N2O2. The zero-order valence-corrected chi connectivity index (χ0v) is 12.3. The summed E-state index contributed by atoms with van der Waals surface area (Å²) in [6.07, 6.45) is -4.71. The van der Waals surface area contributed by atoms with E-state index >= 15 is 0 Å². The van der Waals surface area contributed by atoms with Crippen LogP contribution in [0.2, 0.25) is 0 Å². The highest BCUT2D eigenvalue weighted by atomic mass is 19.4. The summed E-state index contributed by atoms with van der Waals surface area (Å²) in [6, 6.07) is 2.86. The summed E-state index contributed by atoms with van der Waals surface area (Å²) in [5, 5.41) is 14.0. The van der Waals surface area contributed by atoms with Gasteiger partial charge in [0.15, 0.2) is 0 Å². The first-order chi connectivity index (χ1) is 9.60. The van der Waals surface area contributed by atoms with E-state index in [1.807, 2.05) is 6.92 Å². The number of aryl methyl sites for hydroxylation is 2. The van der Waals surface area contributed by atoms with Gasteiger partial charge in [0.1, 0.15) is 5.69 Å². The van der Waals surface area contributed by atoms with Crippen LogP contribution >= 0.6 is 0 Å². The minimum Gasteiger partial charge on any atom is -0.377 e. The molecule has 0 amide bonds. The Labute approximate surface area is 121 Å². The number of alkyl halides is 3. The molecule has 1 aromatic rings. The van der Waals surface area contributed by atoms with E-state index in [0.29, 0.717) is 12.1 Å². The van der Waals surface area contributed by atoms with Crippen molar-refractivity contribution in [3.63, 3.8) is 0 Å². The second-order valence-electron chi connectivity index (χ2n) is 5.26. The molecule has 0 heterocycles. The Morgan fingerprint density at radius 3 is 2.38 bits per heavy atom. The van der Waals surface area contributed by atoms with Crippen LogP contribution in [-0.4, -0.2) is 17.1 Å². The molecule has 1 rings (SSSR count). The van der Waals surface area contributed by atoms with Crippen molar-refractivity contribution in [3.05, 3.63) is 33.4 Å². The summed E-state index contributed by atoms with van der Waals surface area (Å²) in [7, 11) is 0. The number of nitrogens with one attached hydrogen (secondary N) is 1. The summed E-state index contributed by atoms with van der Waals surface area (Å²) in [5.41, 5.74) is 1.99. The van der Waals surface area contributed by atoms with Gasteiger partial charge in [0.05, 0.1) is 4.92 Å². The van der Waals surface area contributed by atoms with Crippen LogP contribution < -0.4 is 5.32 Å². The Hall–Kier alpha value is -1.79. The quantitative estimate of drug-likeness (QED) is 0.610. The number of nitro groups is 1. The summed E-state index contributed by atoms with van der Waals surface area (Å²) in [4.78, 5) is 10.5. The fourth-order valence-corrected chi connectivity index (χ4v) is 2.01. The van der Waals surface area contributed by atoms with E-state index in [-0.39, 0.29) is 18.2 Å². The molecule has 21 heavy (non-hydrogen) atoms. The summed E-state index contributed by atoms with van der Waals surface area (Å²) in [6.45, 7) is 5.33. The number of rotatable bonds is 6. The van der Waals surface area contributed by atoms with Gasteiger partial charge in [-0.25, -0.2) is 0 Å². The third-order valence-electron chi connectivity index (χ3n) is 3.31. The molecule has 0 saturated heterocycles. The Kier molecular flexibility index (Phi) is 5.57. The van der Waals surface area contributed by atoms with Gasteiger partial charge < -0.3 is 5.32 Å². The van der Waals surface area contributed by atoms with E-state index in [1.165, 1.54) is 6.07 Å². The highest BCUT2D eigenvalue weighted by molar-refractivity contribution is 5.64. The molecule has 0 aliphatic heterocycles. The SMILES string of the molecule is Cc1cc(NC(C)CCCC(F)(F)F)c([N+](=O)[O-])cc1C. The summed E-state index contributed by atoms with van der Waals surface area (Å²) < 4.78 is 36.3. The van der Waals surface area contributed by atoms with Crippen LogP contribution in [0.3, 0.4) is 0 Å². The maximum Gasteiger partial charge on any atom is 0.389 e. The minimum absolute atomic E-state index is 0.00366. The lowest BCUT2D eigenvalue weighted by Crippen LogP contribution is -2.17. The topological polar surface area (TPSA) is 55.2 Å². The maximum absolute atomic E-state index is 12.1. The van der Waals surface area contributed by atoms with Gasteiger partial charge in [0.2, 0.25) is 0 Å². The van der Waals surface area contributed by atoms with Gasteiger partial charge in [-0.05, 0) is 50.8 Å². The Bertz CT molecular complexity index is 516. The largest absolute Gasteiger partial charge is 0.389 e. The lowest BCUT2D eigenvalue weighted by molar-refractivity contribution is -0.384. The second-order valence-corrected chi connectivity index (χ2v) is 5.26. The van der Waals surface area contributed by atoms with Crippen molar-refractivity contribution in [2.45, 2.75) is 52.3 Å². The number of halogens is 3. The first kappa shape index (κ1) is 17.3. The minimum atomic E-state index is -4.16. The first-order valence-corrected chi connectivity index (χ1v) is 6.69. The molecule has 0 fully saturated rings. The molecule has 0 saturated carbocycles. The average molecular weight is 304 g/mol. The predicted molar refractivity (Wildman–Crippen MR) is 75.6 cm³/mol. The molecule has 4 nitrogen and oxygen atoms in total. The van der Waals surface area contributed by atoms with E-state index in [1.54, 1.807) is 19.9 Å². The van der Waals surface area contributed by atoms with Crippen molar-refractivity contribution < 1.29 is 18.1 Å². The molecule has 1 N–H and O–H groups in total. The number of anilines is 1. The van der Waals surface area contributed by atoms with Crippen molar-refractivity contribution in [1.29, 1.82) is 0 Å². The van der Waals surface area contributed by atoms with Gasteiger partial charge in [0.25, 0.3) is 5.69 Å². The highest BCUT2D eigenvalue weighted by Gasteiger charge is 2.26. The van der Waals surface area contributed by atoms with Crippen LogP contribution in [0.25, 0.3) is 0 Å². The number of benzene rings is 1. The molecule has 1 aromatic carbocycles. The van der Waals surface area contributed by atoms with Gasteiger partial charge in [-0.2, -0.15) is 13.2 Å². The molecule has 118 valence electrons. The van der Waals surface area contributed by atoms with Crippen LogP contribution in [0.15, 0.2) is 12.1 Å². The molecule has 1 unspecified atom stereocenters. The van der Waals surface area contributed by atoms with Crippen molar-refractivity contribution >= 4 is 11.4 Å². The number of nitro benzene ring substituents is 1. The molecular weight excluding hydrogens is 285 g/mol. The smallest absolute Gasteiger partial charge is 0.377 e. The Balaban J connectivity index is 2.73. The number of hydrogen-bond acceptors (Lipinski definition) is 3. The van der Waals surface area contributed by atoms with Crippen LogP contribution in [0.1, 0.15) is 37.3 Å². The van der Waals surface area contributed by atoms with Gasteiger partial charge in [-0.15, -0.1) is 0 Å². The van der Waals surface area contributed by atoms with E-state index in [0.717, 1.165) is 11.1 Å². The molecule has 1 atom stereocenters. The first-order valence-electron chi connectivity index (χ1n) is 6.69. The van der Waals surface area contributed by atoms with Crippen molar-refractivity contribution in [3.8, 4) is 0 Å². The lowest BCUT2D eigenvalue weighted by Gasteiger charge is -2.17. The van der Waals surface area contributed by atoms with E-state index < -0.39 is 17.5 Å². The van der Waals surface area contributed by atoms with Crippen LogP contribution in [0, 0.1) is 24.0 Å². The third-order valence-corrected chi connectivity index (χ3v) is 3.31. The number of hydrogen-bond donors (Lipinski definition) is 1. The molecule has 0 bridgehead atoms. The lowest BCUT2D eigenvalue weighted by atomic mass is 10.1. The third kappa shape index (κ3) is 5.61. The van der Waals surface area contributed by atoms with E-state index in [2.05, 4.69) is 5.32 Å². The van der Waals surface area contributed by atoms with Gasteiger partial charge in [-0.1, -0.05) is 0 Å². The molecule has 0 aliphatic rings. The zero-order chi connectivity index (χ0) is 16.2. The average Bonchev–Trinajstić information content (AvgIpc) is 2.31. The van der Waals surface area contributed by atoms with E-state index in [4.69, 9.17) is 0 Å². The summed E-state index contributed by atoms with van der Waals surface area (Å²) >= 11 is 0. The van der Waals surface area contributed by atoms with Gasteiger partial charge in [-0.3, -0.25) is 10.1 Å². The monoisotopic (exact) mass is 304 g/mol. The number of nitrogens with zero attached hydrogens (tertiary/aromatic N) is 1. The highest BCUT2D eigenvalue weighted by Crippen LogP contribution is 2.29. The molecule has 0 aromatic heterocycles.